The number of hydrogen-bond acceptors (Lipinski definition) is 3. The van der Waals surface area contributed by atoms with Crippen LogP contribution in [0.15, 0.2) is 18.2 Å². The van der Waals surface area contributed by atoms with Gasteiger partial charge < -0.3 is 15.2 Å². The largest absolute Gasteiger partial charge is 0.484 e. The van der Waals surface area contributed by atoms with Crippen LogP contribution in [0.2, 0.25) is 5.02 Å². The first-order valence-electron chi connectivity index (χ1n) is 5.94. The maximum absolute atomic E-state index is 10.8. The summed E-state index contributed by atoms with van der Waals surface area (Å²) in [7, 11) is 0. The van der Waals surface area contributed by atoms with Gasteiger partial charge in [-0.25, -0.2) is 0 Å². The third-order valence-electron chi connectivity index (χ3n) is 3.10. The number of carboxylic acid groups (broad SMARTS) is 1. The Morgan fingerprint density at radius 3 is 2.78 bits per heavy atom. The van der Waals surface area contributed by atoms with Gasteiger partial charge in [-0.1, -0.05) is 18.5 Å². The second-order valence-electron chi connectivity index (χ2n) is 4.57. The minimum atomic E-state index is -0.846. The molecule has 1 aliphatic heterocycles. The number of rotatable bonds is 5. The lowest BCUT2D eigenvalue weighted by Crippen LogP contribution is -2.64. The third-order valence-corrected chi connectivity index (χ3v) is 3.47. The van der Waals surface area contributed by atoms with Crippen LogP contribution >= 0.6 is 11.6 Å². The number of aliphatic carboxylic acids is 1. The van der Waals surface area contributed by atoms with Crippen molar-refractivity contribution in [3.63, 3.8) is 0 Å². The van der Waals surface area contributed by atoms with Crippen molar-refractivity contribution < 1.29 is 14.6 Å². The van der Waals surface area contributed by atoms with Crippen LogP contribution in [0.3, 0.4) is 0 Å². The van der Waals surface area contributed by atoms with Crippen molar-refractivity contribution >= 4 is 17.6 Å². The number of aryl methyl sites for hydroxylation is 1. The molecule has 0 bridgehead atoms. The predicted octanol–water partition coefficient (Wildman–Crippen LogP) is 2.10. The summed E-state index contributed by atoms with van der Waals surface area (Å²) in [5, 5.41) is 12.7. The zero-order chi connectivity index (χ0) is 13.2. The first-order valence-corrected chi connectivity index (χ1v) is 6.32. The van der Waals surface area contributed by atoms with Gasteiger partial charge in [0.1, 0.15) is 11.4 Å². The molecule has 0 unspecified atom stereocenters. The molecule has 1 heterocycles. The van der Waals surface area contributed by atoms with E-state index in [0.717, 1.165) is 12.0 Å². The maximum Gasteiger partial charge on any atom is 0.307 e. The molecular weight excluding hydrogens is 254 g/mol. The Morgan fingerprint density at radius 1 is 1.56 bits per heavy atom. The molecule has 98 valence electrons. The molecule has 1 aliphatic rings. The van der Waals surface area contributed by atoms with Crippen molar-refractivity contribution in [3.8, 4) is 5.75 Å². The van der Waals surface area contributed by atoms with Gasteiger partial charge in [0.2, 0.25) is 0 Å². The molecule has 0 spiro atoms. The minimum absolute atomic E-state index is 0.00405. The van der Waals surface area contributed by atoms with Crippen LogP contribution in [0, 0.1) is 0 Å². The van der Waals surface area contributed by atoms with Crippen LogP contribution in [-0.2, 0) is 11.2 Å². The Morgan fingerprint density at radius 2 is 2.28 bits per heavy atom. The number of ether oxygens (including phenoxy) is 1. The smallest absolute Gasteiger partial charge is 0.307 e. The Hall–Kier alpha value is -1.26. The fourth-order valence-corrected chi connectivity index (χ4v) is 2.30. The van der Waals surface area contributed by atoms with E-state index in [4.69, 9.17) is 21.4 Å². The monoisotopic (exact) mass is 269 g/mol. The fourth-order valence-electron chi connectivity index (χ4n) is 2.05. The standard InChI is InChI=1S/C13H16ClNO3/c1-2-9-5-10(3-4-11(9)14)18-13(6-12(16)17)7-15-8-13/h3-5,15H,2,6-8H2,1H3,(H,16,17). The number of nitrogens with one attached hydrogen (secondary N) is 1. The van der Waals surface area contributed by atoms with Crippen LogP contribution < -0.4 is 10.1 Å². The first kappa shape index (κ1) is 13.2. The molecule has 4 nitrogen and oxygen atoms in total. The molecule has 1 fully saturated rings. The highest BCUT2D eigenvalue weighted by Gasteiger charge is 2.41. The van der Waals surface area contributed by atoms with E-state index in [2.05, 4.69) is 5.32 Å². The maximum atomic E-state index is 10.8. The number of benzene rings is 1. The van der Waals surface area contributed by atoms with E-state index >= 15 is 0 Å². The van der Waals surface area contributed by atoms with E-state index in [0.29, 0.717) is 23.9 Å². The Labute approximate surface area is 111 Å². The lowest BCUT2D eigenvalue weighted by atomic mass is 9.92. The van der Waals surface area contributed by atoms with Crippen LogP contribution in [0.25, 0.3) is 0 Å². The molecule has 5 heteroatoms. The highest BCUT2D eigenvalue weighted by molar-refractivity contribution is 6.31. The average molecular weight is 270 g/mol. The number of hydrogen-bond donors (Lipinski definition) is 2. The fraction of sp³-hybridized carbons (Fsp3) is 0.462. The molecule has 18 heavy (non-hydrogen) atoms. The van der Waals surface area contributed by atoms with E-state index in [1.54, 1.807) is 12.1 Å². The summed E-state index contributed by atoms with van der Waals surface area (Å²) in [4.78, 5) is 10.8. The zero-order valence-corrected chi connectivity index (χ0v) is 11.0. The molecular formula is C13H16ClNO3. The lowest BCUT2D eigenvalue weighted by molar-refractivity contribution is -0.143. The van der Waals surface area contributed by atoms with E-state index in [-0.39, 0.29) is 6.42 Å². The molecule has 2 N–H and O–H groups in total. The van der Waals surface area contributed by atoms with Crippen molar-refractivity contribution in [2.75, 3.05) is 13.1 Å². The van der Waals surface area contributed by atoms with Gasteiger partial charge in [0.05, 0.1) is 6.42 Å². The summed E-state index contributed by atoms with van der Waals surface area (Å²) in [5.41, 5.74) is 0.386. The zero-order valence-electron chi connectivity index (χ0n) is 10.2. The van der Waals surface area contributed by atoms with Crippen molar-refractivity contribution in [1.82, 2.24) is 5.32 Å². The molecule has 1 aromatic carbocycles. The van der Waals surface area contributed by atoms with E-state index in [9.17, 15) is 4.79 Å². The third kappa shape index (κ3) is 2.76. The van der Waals surface area contributed by atoms with Crippen LogP contribution in [0.5, 0.6) is 5.75 Å². The van der Waals surface area contributed by atoms with E-state index in [1.807, 2.05) is 13.0 Å². The predicted molar refractivity (Wildman–Crippen MR) is 69.3 cm³/mol. The molecule has 0 aromatic heterocycles. The summed E-state index contributed by atoms with van der Waals surface area (Å²) in [5.74, 6) is -0.167. The second kappa shape index (κ2) is 5.16. The molecule has 0 radical (unpaired) electrons. The first-order chi connectivity index (χ1) is 8.54. The molecule has 2 rings (SSSR count). The molecule has 1 saturated heterocycles. The quantitative estimate of drug-likeness (QED) is 0.859. The molecule has 0 atom stereocenters. The Balaban J connectivity index is 2.14. The summed E-state index contributed by atoms with van der Waals surface area (Å²) >= 11 is 6.04. The van der Waals surface area contributed by atoms with Gasteiger partial charge in [0, 0.05) is 18.1 Å². The van der Waals surface area contributed by atoms with Gasteiger partial charge in [-0.2, -0.15) is 0 Å². The van der Waals surface area contributed by atoms with Crippen LogP contribution in [-0.4, -0.2) is 29.8 Å². The van der Waals surface area contributed by atoms with Crippen molar-refractivity contribution in [3.05, 3.63) is 28.8 Å². The van der Waals surface area contributed by atoms with Gasteiger partial charge in [0.25, 0.3) is 0 Å². The molecule has 1 aromatic rings. The van der Waals surface area contributed by atoms with Gasteiger partial charge in [-0.3, -0.25) is 4.79 Å². The summed E-state index contributed by atoms with van der Waals surface area (Å²) in [6, 6.07) is 5.45. The summed E-state index contributed by atoms with van der Waals surface area (Å²) in [6.45, 7) is 3.13. The second-order valence-corrected chi connectivity index (χ2v) is 4.97. The average Bonchev–Trinajstić information content (AvgIpc) is 2.28. The highest BCUT2D eigenvalue weighted by Crippen LogP contribution is 2.28. The number of halogens is 1. The van der Waals surface area contributed by atoms with Crippen LogP contribution in [0.4, 0.5) is 0 Å². The SMILES string of the molecule is CCc1cc(OC2(CC(=O)O)CNC2)ccc1Cl. The van der Waals surface area contributed by atoms with Crippen molar-refractivity contribution in [2.45, 2.75) is 25.4 Å². The molecule has 0 saturated carbocycles. The molecule has 0 amide bonds. The summed E-state index contributed by atoms with van der Waals surface area (Å²) in [6.07, 6.45) is 0.824. The van der Waals surface area contributed by atoms with Crippen molar-refractivity contribution in [2.24, 2.45) is 0 Å². The Kier molecular flexibility index (Phi) is 3.78. The van der Waals surface area contributed by atoms with E-state index < -0.39 is 11.6 Å². The number of carboxylic acids is 1. The molecule has 0 aliphatic carbocycles. The van der Waals surface area contributed by atoms with Gasteiger partial charge in [0.15, 0.2) is 0 Å². The van der Waals surface area contributed by atoms with Gasteiger partial charge in [-0.05, 0) is 30.2 Å². The van der Waals surface area contributed by atoms with Crippen LogP contribution in [0.1, 0.15) is 18.9 Å². The van der Waals surface area contributed by atoms with Crippen molar-refractivity contribution in [1.29, 1.82) is 0 Å². The highest BCUT2D eigenvalue weighted by atomic mass is 35.5. The topological polar surface area (TPSA) is 58.6 Å². The van der Waals surface area contributed by atoms with Gasteiger partial charge >= 0.3 is 5.97 Å². The Bertz CT molecular complexity index is 458. The van der Waals surface area contributed by atoms with E-state index in [1.165, 1.54) is 0 Å². The minimum Gasteiger partial charge on any atom is -0.484 e. The van der Waals surface area contributed by atoms with Gasteiger partial charge in [-0.15, -0.1) is 0 Å². The number of carbonyl (C=O) groups is 1. The summed E-state index contributed by atoms with van der Waals surface area (Å²) < 4.78 is 5.84. The lowest BCUT2D eigenvalue weighted by Gasteiger charge is -2.41. The normalized spacial score (nSPS) is 17.0.